The van der Waals surface area contributed by atoms with Gasteiger partial charge in [0.05, 0.1) is 11.9 Å². The third-order valence-corrected chi connectivity index (χ3v) is 2.97. The van der Waals surface area contributed by atoms with Crippen LogP contribution in [0, 0.1) is 0 Å². The molecule has 2 aromatic heterocycles. The van der Waals surface area contributed by atoms with Crippen LogP contribution in [0.4, 0.5) is 11.5 Å². The molecule has 0 aliphatic rings. The quantitative estimate of drug-likeness (QED) is 0.875. The number of nitrogens with one attached hydrogen (secondary N) is 2. The van der Waals surface area contributed by atoms with E-state index in [-0.39, 0.29) is 5.91 Å². The molecule has 2 heterocycles. The molecule has 6 nitrogen and oxygen atoms in total. The molecule has 6 heteroatoms. The summed E-state index contributed by atoms with van der Waals surface area (Å²) in [4.78, 5) is 16.6. The topological polar surface area (TPSA) is 71.8 Å². The maximum absolute atomic E-state index is 12.2. The van der Waals surface area contributed by atoms with E-state index in [4.69, 9.17) is 0 Å². The van der Waals surface area contributed by atoms with Crippen LogP contribution in [0.3, 0.4) is 0 Å². The SMILES string of the molecule is CCc1cc(C(=O)Nc2cnn(CC)c2)cc(NC)n1. The van der Waals surface area contributed by atoms with Crippen molar-refractivity contribution in [1.29, 1.82) is 0 Å². The molecule has 0 spiro atoms. The second kappa shape index (κ2) is 6.18. The molecule has 106 valence electrons. The van der Waals surface area contributed by atoms with Gasteiger partial charge in [-0.05, 0) is 25.5 Å². The minimum Gasteiger partial charge on any atom is -0.373 e. The molecule has 0 aromatic carbocycles. The summed E-state index contributed by atoms with van der Waals surface area (Å²) in [6.07, 6.45) is 4.23. The Bertz CT molecular complexity index is 583. The summed E-state index contributed by atoms with van der Waals surface area (Å²) in [7, 11) is 1.79. The number of anilines is 2. The Hall–Kier alpha value is -2.37. The number of amides is 1. The lowest BCUT2D eigenvalue weighted by molar-refractivity contribution is 0.102. The van der Waals surface area contributed by atoms with Crippen molar-refractivity contribution in [3.05, 3.63) is 35.8 Å². The normalized spacial score (nSPS) is 10.3. The molecule has 0 aliphatic heterocycles. The Balaban J connectivity index is 2.19. The summed E-state index contributed by atoms with van der Waals surface area (Å²) >= 11 is 0. The van der Waals surface area contributed by atoms with E-state index < -0.39 is 0 Å². The Morgan fingerprint density at radius 1 is 1.35 bits per heavy atom. The number of pyridine rings is 1. The standard InChI is InChI=1S/C14H19N5O/c1-4-11-6-10(7-13(15-3)17-11)14(20)18-12-8-16-19(5-2)9-12/h6-9H,4-5H2,1-3H3,(H,15,17)(H,18,20). The number of rotatable bonds is 5. The number of hydrogen-bond donors (Lipinski definition) is 2. The van der Waals surface area contributed by atoms with E-state index in [1.165, 1.54) is 0 Å². The van der Waals surface area contributed by atoms with E-state index in [1.807, 2.05) is 13.8 Å². The second-order valence-electron chi connectivity index (χ2n) is 4.37. The van der Waals surface area contributed by atoms with Crippen LogP contribution in [0.25, 0.3) is 0 Å². The fourth-order valence-corrected chi connectivity index (χ4v) is 1.83. The molecule has 2 rings (SSSR count). The molecule has 2 N–H and O–H groups in total. The van der Waals surface area contributed by atoms with Crippen molar-refractivity contribution < 1.29 is 4.79 Å². The number of aromatic nitrogens is 3. The summed E-state index contributed by atoms with van der Waals surface area (Å²) < 4.78 is 1.76. The lowest BCUT2D eigenvalue weighted by Crippen LogP contribution is -2.13. The highest BCUT2D eigenvalue weighted by atomic mass is 16.1. The van der Waals surface area contributed by atoms with Crippen molar-refractivity contribution in [2.24, 2.45) is 0 Å². The van der Waals surface area contributed by atoms with Gasteiger partial charge < -0.3 is 10.6 Å². The number of carbonyl (C=O) groups is 1. The second-order valence-corrected chi connectivity index (χ2v) is 4.37. The minimum absolute atomic E-state index is 0.158. The van der Waals surface area contributed by atoms with Gasteiger partial charge in [0.2, 0.25) is 0 Å². The number of carbonyl (C=O) groups excluding carboxylic acids is 1. The Kier molecular flexibility index (Phi) is 4.34. The summed E-state index contributed by atoms with van der Waals surface area (Å²) in [5.74, 6) is 0.535. The first-order chi connectivity index (χ1) is 9.66. The van der Waals surface area contributed by atoms with Crippen LogP contribution in [0.15, 0.2) is 24.5 Å². The lowest BCUT2D eigenvalue weighted by atomic mass is 10.2. The van der Waals surface area contributed by atoms with Crippen molar-refractivity contribution in [3.63, 3.8) is 0 Å². The van der Waals surface area contributed by atoms with Crippen molar-refractivity contribution >= 4 is 17.4 Å². The molecule has 0 saturated heterocycles. The van der Waals surface area contributed by atoms with Crippen LogP contribution < -0.4 is 10.6 Å². The van der Waals surface area contributed by atoms with Crippen molar-refractivity contribution in [2.45, 2.75) is 26.8 Å². The number of aryl methyl sites for hydroxylation is 2. The van der Waals surface area contributed by atoms with Gasteiger partial charge in [-0.15, -0.1) is 0 Å². The maximum atomic E-state index is 12.2. The predicted molar refractivity (Wildman–Crippen MR) is 79.0 cm³/mol. The molecular formula is C14H19N5O. The van der Waals surface area contributed by atoms with Crippen LogP contribution in [-0.4, -0.2) is 27.7 Å². The van der Waals surface area contributed by atoms with Gasteiger partial charge >= 0.3 is 0 Å². The van der Waals surface area contributed by atoms with E-state index >= 15 is 0 Å². The fourth-order valence-electron chi connectivity index (χ4n) is 1.83. The predicted octanol–water partition coefficient (Wildman–Crippen LogP) is 2.15. The van der Waals surface area contributed by atoms with Gasteiger partial charge in [0.25, 0.3) is 5.91 Å². The van der Waals surface area contributed by atoms with Crippen molar-refractivity contribution in [1.82, 2.24) is 14.8 Å². The molecule has 0 bridgehead atoms. The zero-order valence-corrected chi connectivity index (χ0v) is 12.0. The third-order valence-electron chi connectivity index (χ3n) is 2.97. The zero-order chi connectivity index (χ0) is 14.5. The fraction of sp³-hybridized carbons (Fsp3) is 0.357. The Morgan fingerprint density at radius 2 is 2.15 bits per heavy atom. The first-order valence-electron chi connectivity index (χ1n) is 6.68. The average molecular weight is 273 g/mol. The summed E-state index contributed by atoms with van der Waals surface area (Å²) in [5, 5.41) is 9.93. The van der Waals surface area contributed by atoms with E-state index in [2.05, 4.69) is 20.7 Å². The molecule has 0 unspecified atom stereocenters. The van der Waals surface area contributed by atoms with Crippen LogP contribution in [0.2, 0.25) is 0 Å². The van der Waals surface area contributed by atoms with Crippen LogP contribution in [0.5, 0.6) is 0 Å². The van der Waals surface area contributed by atoms with E-state index in [0.29, 0.717) is 17.1 Å². The largest absolute Gasteiger partial charge is 0.373 e. The number of nitrogens with zero attached hydrogens (tertiary/aromatic N) is 3. The highest BCUT2D eigenvalue weighted by molar-refractivity contribution is 6.04. The molecule has 0 aliphatic carbocycles. The van der Waals surface area contributed by atoms with Gasteiger partial charge in [-0.2, -0.15) is 5.10 Å². The molecule has 20 heavy (non-hydrogen) atoms. The van der Waals surface area contributed by atoms with Gasteiger partial charge in [0.15, 0.2) is 0 Å². The van der Waals surface area contributed by atoms with E-state index in [9.17, 15) is 4.79 Å². The minimum atomic E-state index is -0.158. The Morgan fingerprint density at radius 3 is 2.75 bits per heavy atom. The molecule has 0 atom stereocenters. The van der Waals surface area contributed by atoms with Gasteiger partial charge in [-0.3, -0.25) is 9.48 Å². The van der Waals surface area contributed by atoms with E-state index in [1.54, 1.807) is 36.3 Å². The van der Waals surface area contributed by atoms with Gasteiger partial charge in [-0.1, -0.05) is 6.92 Å². The van der Waals surface area contributed by atoms with Crippen LogP contribution in [-0.2, 0) is 13.0 Å². The zero-order valence-electron chi connectivity index (χ0n) is 12.0. The van der Waals surface area contributed by atoms with Gasteiger partial charge in [0.1, 0.15) is 5.82 Å². The van der Waals surface area contributed by atoms with E-state index in [0.717, 1.165) is 18.7 Å². The third kappa shape index (κ3) is 3.14. The smallest absolute Gasteiger partial charge is 0.255 e. The highest BCUT2D eigenvalue weighted by Crippen LogP contribution is 2.13. The summed E-state index contributed by atoms with van der Waals surface area (Å²) in [6, 6.07) is 3.54. The molecule has 2 aromatic rings. The highest BCUT2D eigenvalue weighted by Gasteiger charge is 2.10. The molecule has 1 amide bonds. The number of hydrogen-bond acceptors (Lipinski definition) is 4. The van der Waals surface area contributed by atoms with Crippen LogP contribution in [0.1, 0.15) is 29.9 Å². The van der Waals surface area contributed by atoms with Gasteiger partial charge in [0, 0.05) is 31.0 Å². The monoisotopic (exact) mass is 273 g/mol. The lowest BCUT2D eigenvalue weighted by Gasteiger charge is -2.07. The molecule has 0 fully saturated rings. The first-order valence-corrected chi connectivity index (χ1v) is 6.68. The van der Waals surface area contributed by atoms with Crippen molar-refractivity contribution in [3.8, 4) is 0 Å². The molecule has 0 saturated carbocycles. The summed E-state index contributed by atoms with van der Waals surface area (Å²) in [6.45, 7) is 4.78. The average Bonchev–Trinajstić information content (AvgIpc) is 2.94. The molecular weight excluding hydrogens is 254 g/mol. The van der Waals surface area contributed by atoms with Gasteiger partial charge in [-0.25, -0.2) is 4.98 Å². The molecule has 0 radical (unpaired) electrons. The summed E-state index contributed by atoms with van der Waals surface area (Å²) in [5.41, 5.74) is 2.16. The van der Waals surface area contributed by atoms with Crippen LogP contribution >= 0.6 is 0 Å². The van der Waals surface area contributed by atoms with Crippen molar-refractivity contribution in [2.75, 3.05) is 17.7 Å². The first kappa shape index (κ1) is 14.0. The maximum Gasteiger partial charge on any atom is 0.255 e. The Labute approximate surface area is 118 Å².